The molecule has 30 heavy (non-hydrogen) atoms. The second-order valence-corrected chi connectivity index (χ2v) is 6.88. The number of halogens is 2. The Morgan fingerprint density at radius 1 is 0.900 bits per heavy atom. The summed E-state index contributed by atoms with van der Waals surface area (Å²) in [4.78, 5) is 25.4. The minimum Gasteiger partial charge on any atom is -0.334 e. The van der Waals surface area contributed by atoms with Gasteiger partial charge in [-0.05, 0) is 48.5 Å². The number of carbonyl (C=O) groups is 2. The van der Waals surface area contributed by atoms with Crippen molar-refractivity contribution in [2.24, 2.45) is 0 Å². The van der Waals surface area contributed by atoms with Crippen molar-refractivity contribution in [3.63, 3.8) is 0 Å². The van der Waals surface area contributed by atoms with Gasteiger partial charge < -0.3 is 5.32 Å². The van der Waals surface area contributed by atoms with E-state index < -0.39 is 29.7 Å². The summed E-state index contributed by atoms with van der Waals surface area (Å²) in [5, 5.41) is 2.74. The highest BCUT2D eigenvalue weighted by atomic mass is 19.1. The van der Waals surface area contributed by atoms with Gasteiger partial charge in [0.1, 0.15) is 11.6 Å². The minimum absolute atomic E-state index is 0.247. The van der Waals surface area contributed by atoms with Crippen LogP contribution in [0.15, 0.2) is 78.9 Å². The van der Waals surface area contributed by atoms with Gasteiger partial charge in [0, 0.05) is 16.7 Å². The van der Waals surface area contributed by atoms with Crippen molar-refractivity contribution in [1.29, 1.82) is 0 Å². The van der Waals surface area contributed by atoms with Crippen molar-refractivity contribution in [3.8, 4) is 0 Å². The highest BCUT2D eigenvalue weighted by molar-refractivity contribution is 5.98. The Bertz CT molecular complexity index is 1100. The first-order valence-corrected chi connectivity index (χ1v) is 9.32. The maximum Gasteiger partial charge on any atom is 0.304 e. The smallest absolute Gasteiger partial charge is 0.304 e. The maximum atomic E-state index is 13.2. The van der Waals surface area contributed by atoms with Crippen molar-refractivity contribution >= 4 is 18.0 Å². The first-order valence-electron chi connectivity index (χ1n) is 9.32. The molecule has 0 aliphatic carbocycles. The van der Waals surface area contributed by atoms with Crippen LogP contribution in [0.25, 0.3) is 0 Å². The first kappa shape index (κ1) is 19.4. The van der Waals surface area contributed by atoms with Crippen molar-refractivity contribution in [2.45, 2.75) is 12.1 Å². The third-order valence-electron chi connectivity index (χ3n) is 4.83. The summed E-state index contributed by atoms with van der Waals surface area (Å²) in [6, 6.07) is 18.8. The highest BCUT2D eigenvalue weighted by Crippen LogP contribution is 2.25. The summed E-state index contributed by atoms with van der Waals surface area (Å²) in [6.45, 7) is 0. The van der Waals surface area contributed by atoms with Crippen LogP contribution in [0.1, 0.15) is 27.5 Å². The lowest BCUT2D eigenvalue weighted by Crippen LogP contribution is -2.42. The molecule has 2 atom stereocenters. The average Bonchev–Trinajstić information content (AvgIpc) is 3.05. The number of nitrogens with zero attached hydrogens (tertiary/aromatic N) is 1. The largest absolute Gasteiger partial charge is 0.334 e. The normalized spacial score (nSPS) is 19.5. The Morgan fingerprint density at radius 3 is 2.13 bits per heavy atom. The molecule has 4 rings (SSSR count). The van der Waals surface area contributed by atoms with E-state index in [9.17, 15) is 18.4 Å². The molecule has 1 fully saturated rings. The molecule has 2 N–H and O–H groups in total. The predicted molar refractivity (Wildman–Crippen MR) is 107 cm³/mol. The summed E-state index contributed by atoms with van der Waals surface area (Å²) in [5.74, 6) is -1.69. The van der Waals surface area contributed by atoms with Crippen LogP contribution < -0.4 is 10.7 Å². The maximum absolute atomic E-state index is 13.2. The fourth-order valence-corrected chi connectivity index (χ4v) is 3.37. The minimum atomic E-state index is -0.887. The lowest BCUT2D eigenvalue weighted by atomic mass is 10.00. The van der Waals surface area contributed by atoms with E-state index in [1.165, 1.54) is 36.4 Å². The first-order chi connectivity index (χ1) is 14.5. The third-order valence-corrected chi connectivity index (χ3v) is 4.83. The molecule has 2 amide bonds. The van der Waals surface area contributed by atoms with Gasteiger partial charge in [-0.2, -0.15) is 0 Å². The summed E-state index contributed by atoms with van der Waals surface area (Å²) < 4.78 is 28.0. The molecule has 1 aliphatic rings. The van der Waals surface area contributed by atoms with Gasteiger partial charge in [0.25, 0.3) is 5.91 Å². The zero-order chi connectivity index (χ0) is 21.1. The zero-order valence-corrected chi connectivity index (χ0v) is 15.8. The zero-order valence-electron chi connectivity index (χ0n) is 15.8. The van der Waals surface area contributed by atoms with Crippen LogP contribution in [0.5, 0.6) is 0 Å². The van der Waals surface area contributed by atoms with Crippen LogP contribution in [0.2, 0.25) is 0 Å². The lowest BCUT2D eigenvalue weighted by Gasteiger charge is -2.14. The Kier molecular flexibility index (Phi) is 5.34. The molecule has 3 aromatic carbocycles. The van der Waals surface area contributed by atoms with Crippen LogP contribution in [-0.4, -0.2) is 28.8 Å². The van der Waals surface area contributed by atoms with Crippen LogP contribution in [-0.2, 0) is 4.79 Å². The van der Waals surface area contributed by atoms with Gasteiger partial charge >= 0.3 is 5.91 Å². The van der Waals surface area contributed by atoms with Gasteiger partial charge in [0.2, 0.25) is 12.3 Å². The van der Waals surface area contributed by atoms with Crippen molar-refractivity contribution < 1.29 is 23.1 Å². The van der Waals surface area contributed by atoms with Crippen LogP contribution >= 0.6 is 0 Å². The molecular formula is C23H18F2N3O2+. The van der Waals surface area contributed by atoms with Gasteiger partial charge in [0.05, 0.1) is 0 Å². The van der Waals surface area contributed by atoms with E-state index in [-0.39, 0.29) is 11.4 Å². The van der Waals surface area contributed by atoms with E-state index in [0.717, 1.165) is 5.56 Å². The molecule has 3 aromatic rings. The van der Waals surface area contributed by atoms with Crippen LogP contribution in [0.3, 0.4) is 0 Å². The van der Waals surface area contributed by atoms with E-state index in [1.54, 1.807) is 23.0 Å². The van der Waals surface area contributed by atoms with Crippen LogP contribution in [0, 0.1) is 11.6 Å². The fraction of sp³-hybridized carbons (Fsp3) is 0.0870. The number of nitrogens with one attached hydrogen (secondary N) is 2. The molecule has 0 aromatic heterocycles. The van der Waals surface area contributed by atoms with Crippen LogP contribution in [0.4, 0.5) is 8.78 Å². The Balaban J connectivity index is 1.68. The SMILES string of the molecule is O=C(N[C@H]1C(=O)N/[N+](=C\c2ccc(F)cc2)[C@@H]1c1ccccc1)c1ccc(F)cc1. The molecule has 0 saturated carbocycles. The standard InChI is InChI=1S/C23H17F2N3O2/c24-18-10-6-15(7-11-18)14-28-21(16-4-2-1-3-5-16)20(23(30)27-28)26-22(29)17-8-12-19(25)13-9-17/h1-14,20-21H,(H-,26,27,29,30)/p+1/b28-14-/t20-,21-/m1/s1. The van der Waals surface area contributed by atoms with Gasteiger partial charge in [-0.25, -0.2) is 8.78 Å². The topological polar surface area (TPSA) is 61.2 Å². The summed E-state index contributed by atoms with van der Waals surface area (Å²) >= 11 is 0. The van der Waals surface area contributed by atoms with Crippen molar-refractivity contribution in [2.75, 3.05) is 0 Å². The number of hydrazone groups is 1. The average molecular weight is 406 g/mol. The Morgan fingerprint density at radius 2 is 1.50 bits per heavy atom. The van der Waals surface area contributed by atoms with Gasteiger partial charge in [-0.1, -0.05) is 30.3 Å². The molecule has 0 bridgehead atoms. The molecule has 0 spiro atoms. The Labute approximate surface area is 171 Å². The lowest BCUT2D eigenvalue weighted by molar-refractivity contribution is -0.596. The van der Waals surface area contributed by atoms with Crippen molar-refractivity contribution in [3.05, 3.63) is 107 Å². The molecular weight excluding hydrogens is 388 g/mol. The van der Waals surface area contributed by atoms with E-state index in [4.69, 9.17) is 0 Å². The predicted octanol–water partition coefficient (Wildman–Crippen LogP) is 2.98. The second-order valence-electron chi connectivity index (χ2n) is 6.88. The monoisotopic (exact) mass is 406 g/mol. The molecule has 1 saturated heterocycles. The van der Waals surface area contributed by atoms with E-state index in [2.05, 4.69) is 10.7 Å². The molecule has 1 aliphatic heterocycles. The number of benzene rings is 3. The van der Waals surface area contributed by atoms with Gasteiger partial charge in [-0.15, -0.1) is 10.1 Å². The highest BCUT2D eigenvalue weighted by Gasteiger charge is 2.47. The number of hydrogen-bond donors (Lipinski definition) is 2. The third kappa shape index (κ3) is 4.10. The molecule has 0 radical (unpaired) electrons. The van der Waals surface area contributed by atoms with E-state index in [1.807, 2.05) is 30.3 Å². The number of rotatable bonds is 4. The summed E-state index contributed by atoms with van der Waals surface area (Å²) in [7, 11) is 0. The fourth-order valence-electron chi connectivity index (χ4n) is 3.37. The van der Waals surface area contributed by atoms with Gasteiger partial charge in [-0.3, -0.25) is 9.59 Å². The molecule has 1 heterocycles. The van der Waals surface area contributed by atoms with E-state index >= 15 is 0 Å². The van der Waals surface area contributed by atoms with E-state index in [0.29, 0.717) is 5.56 Å². The quantitative estimate of drug-likeness (QED) is 0.655. The second kappa shape index (κ2) is 8.24. The molecule has 7 heteroatoms. The van der Waals surface area contributed by atoms with Crippen molar-refractivity contribution in [1.82, 2.24) is 10.7 Å². The number of carbonyl (C=O) groups excluding carboxylic acids is 2. The summed E-state index contributed by atoms with van der Waals surface area (Å²) in [6.07, 6.45) is 1.68. The molecule has 150 valence electrons. The number of amides is 2. The number of hydrazine groups is 1. The Hall–Kier alpha value is -3.87. The molecule has 5 nitrogen and oxygen atoms in total. The van der Waals surface area contributed by atoms with Gasteiger partial charge in [0.15, 0.2) is 6.04 Å². The number of hydrogen-bond acceptors (Lipinski definition) is 2. The summed E-state index contributed by atoms with van der Waals surface area (Å²) in [5.41, 5.74) is 4.49. The molecule has 0 unspecified atom stereocenters.